The average Bonchev–Trinajstić information content (AvgIpc) is 2.48. The fraction of sp³-hybridized carbons (Fsp3) is 0.125. The second-order valence-electron chi connectivity index (χ2n) is 4.94. The van der Waals surface area contributed by atoms with Crippen LogP contribution in [0.5, 0.6) is 11.5 Å². The summed E-state index contributed by atoms with van der Waals surface area (Å²) in [5.74, 6) is -0.886. The maximum atomic E-state index is 12.0. The van der Waals surface area contributed by atoms with E-state index < -0.39 is 5.91 Å². The Balaban J connectivity index is 2.24. The van der Waals surface area contributed by atoms with Gasteiger partial charge in [0.25, 0.3) is 5.91 Å². The third-order valence-electron chi connectivity index (χ3n) is 3.14. The summed E-state index contributed by atoms with van der Waals surface area (Å²) in [6.45, 7) is 3.38. The molecule has 0 saturated carbocycles. The Bertz CT molecular complexity index is 804. The minimum atomic E-state index is -0.575. The largest absolute Gasteiger partial charge is 0.507 e. The number of carbonyl (C=O) groups excluding carboxylic acids is 1. The lowest BCUT2D eigenvalue weighted by Gasteiger charge is -2.08. The molecule has 0 spiro atoms. The van der Waals surface area contributed by atoms with Crippen molar-refractivity contribution in [2.75, 3.05) is 0 Å². The van der Waals surface area contributed by atoms with Gasteiger partial charge in [-0.05, 0) is 43.7 Å². The number of benzene rings is 2. The van der Waals surface area contributed by atoms with Gasteiger partial charge in [-0.2, -0.15) is 5.10 Å². The maximum Gasteiger partial charge on any atom is 0.275 e. The molecule has 0 aliphatic heterocycles. The van der Waals surface area contributed by atoms with Crippen LogP contribution in [0, 0.1) is 6.92 Å². The number of carbonyl (C=O) groups is 1. The first-order valence-corrected chi connectivity index (χ1v) is 7.38. The minimum Gasteiger partial charge on any atom is -0.507 e. The lowest BCUT2D eigenvalue weighted by atomic mass is 10.1. The van der Waals surface area contributed by atoms with Crippen molar-refractivity contribution in [2.24, 2.45) is 5.10 Å². The van der Waals surface area contributed by atoms with Gasteiger partial charge >= 0.3 is 0 Å². The summed E-state index contributed by atoms with van der Waals surface area (Å²) in [5.41, 5.74) is 3.86. The first-order chi connectivity index (χ1) is 10.8. The number of phenolic OH excluding ortho intramolecular Hbond substituents is 2. The minimum absolute atomic E-state index is 0.0876. The molecule has 0 atom stereocenters. The summed E-state index contributed by atoms with van der Waals surface area (Å²) in [7, 11) is 0. The third kappa shape index (κ3) is 3.94. The number of amides is 1. The van der Waals surface area contributed by atoms with E-state index in [1.54, 1.807) is 19.9 Å². The molecule has 0 unspecified atom stereocenters. The van der Waals surface area contributed by atoms with E-state index in [4.69, 9.17) is 23.2 Å². The van der Waals surface area contributed by atoms with Crippen molar-refractivity contribution in [1.29, 1.82) is 0 Å². The highest BCUT2D eigenvalue weighted by atomic mass is 35.5. The van der Waals surface area contributed by atoms with Crippen molar-refractivity contribution in [3.8, 4) is 11.5 Å². The number of hydrogen-bond donors (Lipinski definition) is 3. The molecule has 3 N–H and O–H groups in total. The van der Waals surface area contributed by atoms with Crippen LogP contribution in [0.4, 0.5) is 0 Å². The molecule has 0 bridgehead atoms. The van der Waals surface area contributed by atoms with Crippen molar-refractivity contribution in [1.82, 2.24) is 5.43 Å². The van der Waals surface area contributed by atoms with Crippen molar-refractivity contribution in [3.63, 3.8) is 0 Å². The van der Waals surface area contributed by atoms with Gasteiger partial charge in [0.05, 0.1) is 16.3 Å². The van der Waals surface area contributed by atoms with E-state index in [1.807, 2.05) is 0 Å². The molecule has 0 aliphatic carbocycles. The topological polar surface area (TPSA) is 81.9 Å². The van der Waals surface area contributed by atoms with Crippen LogP contribution >= 0.6 is 23.2 Å². The fourth-order valence-electron chi connectivity index (χ4n) is 1.93. The van der Waals surface area contributed by atoms with Gasteiger partial charge in [0.15, 0.2) is 0 Å². The molecule has 0 radical (unpaired) electrons. The number of halogens is 2. The molecular weight excluding hydrogens is 339 g/mol. The van der Waals surface area contributed by atoms with Crippen molar-refractivity contribution in [3.05, 3.63) is 57.1 Å². The number of rotatable bonds is 3. The zero-order chi connectivity index (χ0) is 17.1. The highest BCUT2D eigenvalue weighted by molar-refractivity contribution is 6.36. The van der Waals surface area contributed by atoms with Crippen LogP contribution in [-0.2, 0) is 0 Å². The van der Waals surface area contributed by atoms with Gasteiger partial charge in [-0.1, -0.05) is 29.3 Å². The van der Waals surface area contributed by atoms with Gasteiger partial charge < -0.3 is 10.2 Å². The van der Waals surface area contributed by atoms with E-state index in [0.717, 1.165) is 5.56 Å². The molecule has 23 heavy (non-hydrogen) atoms. The summed E-state index contributed by atoms with van der Waals surface area (Å²) in [4.78, 5) is 12.0. The Hall–Kier alpha value is -2.24. The Labute approximate surface area is 143 Å². The SMILES string of the molecule is C/C(=N\NC(=O)c1ccc(C)cc1O)c1cc(Cl)cc(Cl)c1O. The smallest absolute Gasteiger partial charge is 0.275 e. The van der Waals surface area contributed by atoms with Gasteiger partial charge in [0.1, 0.15) is 11.5 Å². The van der Waals surface area contributed by atoms with Crippen LogP contribution in [-0.4, -0.2) is 21.8 Å². The molecular formula is C16H14Cl2N2O3. The summed E-state index contributed by atoms with van der Waals surface area (Å²) in [6, 6.07) is 7.57. The van der Waals surface area contributed by atoms with Crippen molar-refractivity contribution >= 4 is 34.8 Å². The number of hydrogen-bond acceptors (Lipinski definition) is 4. The average molecular weight is 353 g/mol. The van der Waals surface area contributed by atoms with Gasteiger partial charge in [-0.15, -0.1) is 0 Å². The van der Waals surface area contributed by atoms with Gasteiger partial charge in [-0.25, -0.2) is 5.43 Å². The van der Waals surface area contributed by atoms with E-state index in [-0.39, 0.29) is 22.1 Å². The fourth-order valence-corrected chi connectivity index (χ4v) is 2.42. The van der Waals surface area contributed by atoms with Crippen LogP contribution in [0.1, 0.15) is 28.4 Å². The number of aryl methyl sites for hydroxylation is 1. The summed E-state index contributed by atoms with van der Waals surface area (Å²) >= 11 is 11.7. The van der Waals surface area contributed by atoms with E-state index in [9.17, 15) is 15.0 Å². The van der Waals surface area contributed by atoms with Gasteiger partial charge in [0, 0.05) is 10.6 Å². The Morgan fingerprint density at radius 3 is 2.48 bits per heavy atom. The zero-order valence-corrected chi connectivity index (χ0v) is 13.9. The Kier molecular flexibility index (Phi) is 5.13. The zero-order valence-electron chi connectivity index (χ0n) is 12.4. The third-order valence-corrected chi connectivity index (χ3v) is 3.65. The quantitative estimate of drug-likeness (QED) is 0.579. The summed E-state index contributed by atoms with van der Waals surface area (Å²) < 4.78 is 0. The molecule has 2 aromatic rings. The molecule has 0 heterocycles. The van der Waals surface area contributed by atoms with Crippen LogP contribution in [0.2, 0.25) is 10.0 Å². The van der Waals surface area contributed by atoms with Gasteiger partial charge in [-0.3, -0.25) is 4.79 Å². The van der Waals surface area contributed by atoms with Crippen LogP contribution < -0.4 is 5.43 Å². The number of aromatic hydroxyl groups is 2. The van der Waals surface area contributed by atoms with E-state index in [0.29, 0.717) is 16.3 Å². The first-order valence-electron chi connectivity index (χ1n) is 6.62. The molecule has 5 nitrogen and oxygen atoms in total. The molecule has 0 fully saturated rings. The molecule has 7 heteroatoms. The molecule has 0 saturated heterocycles. The second-order valence-corrected chi connectivity index (χ2v) is 5.79. The van der Waals surface area contributed by atoms with Crippen LogP contribution in [0.3, 0.4) is 0 Å². The predicted molar refractivity (Wildman–Crippen MR) is 90.6 cm³/mol. The number of nitrogens with one attached hydrogen (secondary N) is 1. The number of hydrazone groups is 1. The summed E-state index contributed by atoms with van der Waals surface area (Å²) in [6.07, 6.45) is 0. The molecule has 0 aliphatic rings. The molecule has 0 aromatic heterocycles. The number of phenols is 2. The maximum absolute atomic E-state index is 12.0. The summed E-state index contributed by atoms with van der Waals surface area (Å²) in [5, 5.41) is 24.0. The first kappa shape index (κ1) is 17.1. The van der Waals surface area contributed by atoms with Crippen LogP contribution in [0.25, 0.3) is 0 Å². The van der Waals surface area contributed by atoms with Crippen LogP contribution in [0.15, 0.2) is 35.4 Å². The van der Waals surface area contributed by atoms with Crippen molar-refractivity contribution < 1.29 is 15.0 Å². The second kappa shape index (κ2) is 6.89. The van der Waals surface area contributed by atoms with E-state index in [2.05, 4.69) is 10.5 Å². The highest BCUT2D eigenvalue weighted by Crippen LogP contribution is 2.31. The Morgan fingerprint density at radius 2 is 1.83 bits per heavy atom. The molecule has 120 valence electrons. The molecule has 2 rings (SSSR count). The molecule has 1 amide bonds. The van der Waals surface area contributed by atoms with Crippen molar-refractivity contribution in [2.45, 2.75) is 13.8 Å². The van der Waals surface area contributed by atoms with E-state index >= 15 is 0 Å². The number of nitrogens with zero attached hydrogens (tertiary/aromatic N) is 1. The monoisotopic (exact) mass is 352 g/mol. The van der Waals surface area contributed by atoms with Gasteiger partial charge in [0.2, 0.25) is 0 Å². The highest BCUT2D eigenvalue weighted by Gasteiger charge is 2.13. The normalized spacial score (nSPS) is 11.4. The predicted octanol–water partition coefficient (Wildman–Crippen LogP) is 3.87. The molecule has 2 aromatic carbocycles. The lowest BCUT2D eigenvalue weighted by molar-refractivity contribution is 0.0952. The standard InChI is InChI=1S/C16H14Cl2N2O3/c1-8-3-4-11(14(21)5-8)16(23)20-19-9(2)12-6-10(17)7-13(18)15(12)22/h3-7,21-22H,1-2H3,(H,20,23)/b19-9+. The lowest BCUT2D eigenvalue weighted by Crippen LogP contribution is -2.19. The van der Waals surface area contributed by atoms with E-state index in [1.165, 1.54) is 24.3 Å². The Morgan fingerprint density at radius 1 is 1.13 bits per heavy atom.